The summed E-state index contributed by atoms with van der Waals surface area (Å²) < 4.78 is 64.6. The standard InChI is InChI=1S/C33H40F4N2O3/c1-3-5-7-9-11-28(34)23-41-29-19-17-24(18-20-29)27-21-38-31(39-22-27)25-13-15-26(16-14-25)32(40)42-30(33(35,36)37)12-10-8-6-4-2/h13-22,28,30H,3-12,23H2,1-2H3/t28?,30-/m1/s1. The topological polar surface area (TPSA) is 61.3 Å². The molecule has 228 valence electrons. The Morgan fingerprint density at radius 1 is 0.762 bits per heavy atom. The first-order valence-corrected chi connectivity index (χ1v) is 14.8. The van der Waals surface area contributed by atoms with Crippen LogP contribution in [0.25, 0.3) is 22.5 Å². The van der Waals surface area contributed by atoms with E-state index in [9.17, 15) is 22.4 Å². The van der Waals surface area contributed by atoms with Crippen molar-refractivity contribution in [2.24, 2.45) is 0 Å². The minimum absolute atomic E-state index is 0.0241. The lowest BCUT2D eigenvalue weighted by Crippen LogP contribution is -2.33. The number of benzene rings is 2. The number of rotatable bonds is 17. The summed E-state index contributed by atoms with van der Waals surface area (Å²) in [6, 6.07) is 13.2. The molecular formula is C33H40F4N2O3. The Bertz CT molecular complexity index is 1200. The van der Waals surface area contributed by atoms with Gasteiger partial charge in [-0.15, -0.1) is 0 Å². The van der Waals surface area contributed by atoms with Crippen molar-refractivity contribution < 1.29 is 31.8 Å². The van der Waals surface area contributed by atoms with E-state index in [1.807, 2.05) is 19.1 Å². The van der Waals surface area contributed by atoms with Crippen molar-refractivity contribution in [1.29, 1.82) is 0 Å². The second kappa shape index (κ2) is 16.8. The third-order valence-corrected chi connectivity index (χ3v) is 6.95. The van der Waals surface area contributed by atoms with Crippen molar-refractivity contribution in [3.8, 4) is 28.3 Å². The lowest BCUT2D eigenvalue weighted by Gasteiger charge is -2.20. The molecule has 3 rings (SSSR count). The Labute approximate surface area is 245 Å². The Balaban J connectivity index is 1.54. The predicted molar refractivity (Wildman–Crippen MR) is 156 cm³/mol. The van der Waals surface area contributed by atoms with Crippen molar-refractivity contribution in [2.45, 2.75) is 96.5 Å². The number of alkyl halides is 4. The number of nitrogens with zero attached hydrogens (tertiary/aromatic N) is 2. The molecule has 42 heavy (non-hydrogen) atoms. The summed E-state index contributed by atoms with van der Waals surface area (Å²) in [4.78, 5) is 21.2. The third-order valence-electron chi connectivity index (χ3n) is 6.95. The van der Waals surface area contributed by atoms with Gasteiger partial charge in [-0.3, -0.25) is 0 Å². The SMILES string of the molecule is CCCCCCC(F)COc1ccc(-c2cnc(-c3ccc(C(=O)O[C@H](CCCCCC)C(F)(F)F)cc3)nc2)cc1. The Hall–Kier alpha value is -3.49. The van der Waals surface area contributed by atoms with Crippen LogP contribution < -0.4 is 4.74 Å². The fourth-order valence-corrected chi connectivity index (χ4v) is 4.43. The number of carbonyl (C=O) groups excluding carboxylic acids is 1. The van der Waals surface area contributed by atoms with E-state index in [0.717, 1.165) is 49.7 Å². The Morgan fingerprint density at radius 3 is 1.90 bits per heavy atom. The molecule has 2 atom stereocenters. The quantitative estimate of drug-likeness (QED) is 0.0893. The Morgan fingerprint density at radius 2 is 1.33 bits per heavy atom. The van der Waals surface area contributed by atoms with Crippen LogP contribution in [0.5, 0.6) is 5.75 Å². The molecule has 0 saturated carbocycles. The molecule has 0 aliphatic heterocycles. The number of aromatic nitrogens is 2. The number of esters is 1. The fraction of sp³-hybridized carbons (Fsp3) is 0.485. The number of carbonyl (C=O) groups is 1. The lowest BCUT2D eigenvalue weighted by atomic mass is 10.1. The van der Waals surface area contributed by atoms with Crippen molar-refractivity contribution >= 4 is 5.97 Å². The van der Waals surface area contributed by atoms with E-state index in [0.29, 0.717) is 36.4 Å². The molecule has 0 bridgehead atoms. The van der Waals surface area contributed by atoms with Gasteiger partial charge in [-0.05, 0) is 49.1 Å². The van der Waals surface area contributed by atoms with Gasteiger partial charge >= 0.3 is 12.1 Å². The molecule has 0 fully saturated rings. The van der Waals surface area contributed by atoms with Crippen molar-refractivity contribution in [3.05, 3.63) is 66.5 Å². The zero-order valence-corrected chi connectivity index (χ0v) is 24.3. The van der Waals surface area contributed by atoms with E-state index < -0.39 is 24.4 Å². The number of hydrogen-bond acceptors (Lipinski definition) is 5. The van der Waals surface area contributed by atoms with Gasteiger partial charge in [0.05, 0.1) is 5.56 Å². The summed E-state index contributed by atoms with van der Waals surface area (Å²) >= 11 is 0. The molecule has 9 heteroatoms. The van der Waals surface area contributed by atoms with Crippen LogP contribution in [0, 0.1) is 0 Å². The van der Waals surface area contributed by atoms with Crippen molar-refractivity contribution in [1.82, 2.24) is 9.97 Å². The van der Waals surface area contributed by atoms with Gasteiger partial charge in [-0.1, -0.05) is 83.1 Å². The summed E-state index contributed by atoms with van der Waals surface area (Å²) in [7, 11) is 0. The summed E-state index contributed by atoms with van der Waals surface area (Å²) in [6.45, 7) is 4.13. The summed E-state index contributed by atoms with van der Waals surface area (Å²) in [5.41, 5.74) is 2.25. The highest BCUT2D eigenvalue weighted by Gasteiger charge is 2.42. The molecule has 0 aliphatic carbocycles. The molecule has 0 radical (unpaired) electrons. The van der Waals surface area contributed by atoms with E-state index in [1.54, 1.807) is 36.7 Å². The van der Waals surface area contributed by atoms with Gasteiger partial charge < -0.3 is 9.47 Å². The zero-order chi connectivity index (χ0) is 30.4. The second-order valence-corrected chi connectivity index (χ2v) is 10.4. The van der Waals surface area contributed by atoms with Crippen LogP contribution in [-0.2, 0) is 4.74 Å². The molecule has 1 heterocycles. The maximum absolute atomic E-state index is 14.0. The van der Waals surface area contributed by atoms with Crippen LogP contribution in [0.1, 0.15) is 88.4 Å². The molecule has 5 nitrogen and oxygen atoms in total. The van der Waals surface area contributed by atoms with Crippen LogP contribution in [0.15, 0.2) is 60.9 Å². The van der Waals surface area contributed by atoms with Gasteiger partial charge in [0, 0.05) is 23.5 Å². The van der Waals surface area contributed by atoms with E-state index in [-0.39, 0.29) is 18.6 Å². The van der Waals surface area contributed by atoms with E-state index in [4.69, 9.17) is 9.47 Å². The maximum atomic E-state index is 14.0. The Kier molecular flexibility index (Phi) is 13.2. The molecule has 1 unspecified atom stereocenters. The highest BCUT2D eigenvalue weighted by atomic mass is 19.4. The molecule has 0 spiro atoms. The van der Waals surface area contributed by atoms with Crippen LogP contribution >= 0.6 is 0 Å². The van der Waals surface area contributed by atoms with E-state index in [2.05, 4.69) is 16.9 Å². The first-order valence-electron chi connectivity index (χ1n) is 14.8. The van der Waals surface area contributed by atoms with Crippen molar-refractivity contribution in [2.75, 3.05) is 6.61 Å². The average Bonchev–Trinajstić information content (AvgIpc) is 2.99. The second-order valence-electron chi connectivity index (χ2n) is 10.4. The smallest absolute Gasteiger partial charge is 0.425 e. The molecular weight excluding hydrogens is 548 g/mol. The number of ether oxygens (including phenoxy) is 2. The molecule has 3 aromatic rings. The summed E-state index contributed by atoms with van der Waals surface area (Å²) in [6.07, 6.45) is 2.73. The molecule has 0 saturated heterocycles. The van der Waals surface area contributed by atoms with E-state index in [1.165, 1.54) is 12.1 Å². The highest BCUT2D eigenvalue weighted by molar-refractivity contribution is 5.90. The van der Waals surface area contributed by atoms with Crippen LogP contribution in [0.4, 0.5) is 17.6 Å². The van der Waals surface area contributed by atoms with E-state index >= 15 is 0 Å². The van der Waals surface area contributed by atoms with Gasteiger partial charge in [0.1, 0.15) is 18.5 Å². The molecule has 2 aromatic carbocycles. The minimum Gasteiger partial charge on any atom is -0.491 e. The molecule has 1 aromatic heterocycles. The first-order chi connectivity index (χ1) is 20.2. The van der Waals surface area contributed by atoms with Crippen LogP contribution in [0.2, 0.25) is 0 Å². The highest BCUT2D eigenvalue weighted by Crippen LogP contribution is 2.29. The summed E-state index contributed by atoms with van der Waals surface area (Å²) in [5, 5.41) is 0. The monoisotopic (exact) mass is 588 g/mol. The molecule has 0 amide bonds. The zero-order valence-electron chi connectivity index (χ0n) is 24.3. The van der Waals surface area contributed by atoms with Gasteiger partial charge in [0.2, 0.25) is 0 Å². The van der Waals surface area contributed by atoms with Gasteiger partial charge in [-0.2, -0.15) is 13.2 Å². The van der Waals surface area contributed by atoms with Crippen LogP contribution in [-0.4, -0.2) is 41.0 Å². The predicted octanol–water partition coefficient (Wildman–Crippen LogP) is 9.56. The molecule has 0 aliphatic rings. The minimum atomic E-state index is -4.62. The lowest BCUT2D eigenvalue weighted by molar-refractivity contribution is -0.206. The van der Waals surface area contributed by atoms with Crippen LogP contribution in [0.3, 0.4) is 0 Å². The number of hydrogen-bond donors (Lipinski definition) is 0. The fourth-order valence-electron chi connectivity index (χ4n) is 4.43. The number of halogens is 4. The average molecular weight is 589 g/mol. The first kappa shape index (κ1) is 33.0. The normalized spacial score (nSPS) is 13.0. The van der Waals surface area contributed by atoms with Gasteiger partial charge in [0.25, 0.3) is 0 Å². The largest absolute Gasteiger partial charge is 0.491 e. The molecule has 0 N–H and O–H groups in total. The van der Waals surface area contributed by atoms with Gasteiger partial charge in [0.15, 0.2) is 11.9 Å². The maximum Gasteiger partial charge on any atom is 0.425 e. The summed E-state index contributed by atoms with van der Waals surface area (Å²) in [5.74, 6) is -0.0307. The third kappa shape index (κ3) is 10.7. The van der Waals surface area contributed by atoms with Gasteiger partial charge in [-0.25, -0.2) is 19.2 Å². The van der Waals surface area contributed by atoms with Crippen molar-refractivity contribution in [3.63, 3.8) is 0 Å². The number of unbranched alkanes of at least 4 members (excludes halogenated alkanes) is 6.